The lowest BCUT2D eigenvalue weighted by Gasteiger charge is -2.36. The van der Waals surface area contributed by atoms with Gasteiger partial charge in [0.15, 0.2) is 0 Å². The molecule has 0 radical (unpaired) electrons. The van der Waals surface area contributed by atoms with Crippen molar-refractivity contribution in [3.05, 3.63) is 82.8 Å². The summed E-state index contributed by atoms with van der Waals surface area (Å²) in [7, 11) is 0. The van der Waals surface area contributed by atoms with E-state index in [2.05, 4.69) is 28.9 Å². The van der Waals surface area contributed by atoms with E-state index in [9.17, 15) is 8.78 Å². The summed E-state index contributed by atoms with van der Waals surface area (Å²) in [6.07, 6.45) is 8.59. The molecule has 1 aliphatic heterocycles. The van der Waals surface area contributed by atoms with Crippen molar-refractivity contribution in [1.82, 2.24) is 0 Å². The Balaban J connectivity index is 1.74. The van der Waals surface area contributed by atoms with Gasteiger partial charge in [-0.15, -0.1) is 17.8 Å². The molecule has 1 aromatic heterocycles. The van der Waals surface area contributed by atoms with E-state index < -0.39 is 23.1 Å². The minimum atomic E-state index is -4.97. The smallest absolute Gasteiger partial charge is 0.346 e. The fraction of sp³-hybridized carbons (Fsp3) is 0.371. The molecule has 0 amide bonds. The van der Waals surface area contributed by atoms with Gasteiger partial charge in [-0.3, -0.25) is 0 Å². The number of alkyl halides is 5. The lowest BCUT2D eigenvalue weighted by atomic mass is 9.82. The molecular weight excluding hydrogens is 608 g/mol. The zero-order valence-corrected chi connectivity index (χ0v) is 27.2. The third-order valence-corrected chi connectivity index (χ3v) is 9.73. The molecular formula is C35H37F5N2S2. The van der Waals surface area contributed by atoms with Crippen LogP contribution in [0, 0.1) is 18.6 Å². The average Bonchev–Trinajstić information content (AvgIpc) is 3.77. The maximum Gasteiger partial charge on any atom is 0.346 e. The Morgan fingerprint density at radius 2 is 1.59 bits per heavy atom. The van der Waals surface area contributed by atoms with Gasteiger partial charge >= 0.3 is 11.8 Å². The van der Waals surface area contributed by atoms with Gasteiger partial charge in [-0.25, -0.2) is 13.2 Å². The van der Waals surface area contributed by atoms with E-state index in [1.807, 2.05) is 48.5 Å². The number of rotatable bonds is 13. The second-order valence-corrected chi connectivity index (χ2v) is 13.1. The predicted molar refractivity (Wildman–Crippen MR) is 179 cm³/mol. The largest absolute Gasteiger partial charge is 0.372 e. The molecule has 0 bridgehead atoms. The molecule has 1 unspecified atom stereocenters. The van der Waals surface area contributed by atoms with Crippen LogP contribution < -0.4 is 9.80 Å². The zero-order valence-electron chi connectivity index (χ0n) is 25.6. The summed E-state index contributed by atoms with van der Waals surface area (Å²) in [6, 6.07) is 17.2. The van der Waals surface area contributed by atoms with Gasteiger partial charge in [0.2, 0.25) is 5.67 Å². The van der Waals surface area contributed by atoms with E-state index in [1.165, 1.54) is 17.4 Å². The first-order chi connectivity index (χ1) is 20.7. The number of thioether (sulfide) groups is 1. The number of terminal acetylenes is 1. The normalized spacial score (nSPS) is 15.6. The van der Waals surface area contributed by atoms with Crippen LogP contribution in [0.25, 0.3) is 20.9 Å². The second-order valence-electron chi connectivity index (χ2n) is 10.9. The van der Waals surface area contributed by atoms with Gasteiger partial charge < -0.3 is 9.80 Å². The number of thiophene rings is 1. The second kappa shape index (κ2) is 13.4. The molecule has 0 saturated carbocycles. The van der Waals surface area contributed by atoms with Crippen molar-refractivity contribution in [2.45, 2.75) is 58.6 Å². The summed E-state index contributed by atoms with van der Waals surface area (Å²) in [6.45, 7) is 10.1. The molecule has 2 nitrogen and oxygen atoms in total. The Morgan fingerprint density at radius 1 is 0.977 bits per heavy atom. The molecule has 0 N–H and O–H groups in total. The Bertz CT molecular complexity index is 1530. The van der Waals surface area contributed by atoms with E-state index in [0.29, 0.717) is 16.7 Å². The lowest BCUT2D eigenvalue weighted by Crippen LogP contribution is -2.53. The Labute approximate surface area is 265 Å². The first-order valence-electron chi connectivity index (χ1n) is 14.5. The molecule has 0 aliphatic carbocycles. The zero-order chi connectivity index (χ0) is 32.3. The van der Waals surface area contributed by atoms with Crippen molar-refractivity contribution in [3.8, 4) is 22.1 Å². The van der Waals surface area contributed by atoms with Gasteiger partial charge in [0, 0.05) is 59.1 Å². The molecule has 234 valence electrons. The lowest BCUT2D eigenvalue weighted by molar-refractivity contribution is -0.243. The number of allylic oxidation sites excluding steroid dienone is 3. The number of halogens is 5. The van der Waals surface area contributed by atoms with Gasteiger partial charge in [0.25, 0.3) is 0 Å². The number of hydrogen-bond acceptors (Lipinski definition) is 4. The van der Waals surface area contributed by atoms with Gasteiger partial charge in [0.1, 0.15) is 0 Å². The summed E-state index contributed by atoms with van der Waals surface area (Å²) >= 11 is 2.42. The van der Waals surface area contributed by atoms with Crippen LogP contribution in [0.4, 0.5) is 33.3 Å². The molecule has 44 heavy (non-hydrogen) atoms. The van der Waals surface area contributed by atoms with Crippen molar-refractivity contribution in [3.63, 3.8) is 0 Å². The van der Waals surface area contributed by atoms with Crippen molar-refractivity contribution in [2.24, 2.45) is 0 Å². The number of nitrogens with zero attached hydrogens (tertiary/aromatic N) is 2. The number of hydrogen-bond donors (Lipinski definition) is 0. The molecule has 4 rings (SSSR count). The topological polar surface area (TPSA) is 6.25 Å². The highest BCUT2D eigenvalue weighted by atomic mass is 32.2. The van der Waals surface area contributed by atoms with Crippen LogP contribution in [0.15, 0.2) is 66.7 Å². The monoisotopic (exact) mass is 644 g/mol. The molecule has 1 atom stereocenters. The predicted octanol–water partition coefficient (Wildman–Crippen LogP) is 10.5. The minimum Gasteiger partial charge on any atom is -0.372 e. The Kier molecular flexibility index (Phi) is 10.3. The fourth-order valence-electron chi connectivity index (χ4n) is 5.16. The fourth-order valence-corrected chi connectivity index (χ4v) is 6.76. The summed E-state index contributed by atoms with van der Waals surface area (Å²) in [5.41, 5.74) is -0.198. The third-order valence-electron chi connectivity index (χ3n) is 7.89. The van der Waals surface area contributed by atoms with Crippen molar-refractivity contribution in [1.29, 1.82) is 0 Å². The third kappa shape index (κ3) is 7.02. The molecule has 9 heteroatoms. The summed E-state index contributed by atoms with van der Waals surface area (Å²) < 4.78 is 75.0. The Morgan fingerprint density at radius 3 is 2.11 bits per heavy atom. The van der Waals surface area contributed by atoms with E-state index >= 15 is 13.2 Å². The summed E-state index contributed by atoms with van der Waals surface area (Å²) in [5.74, 6) is -9.57. The van der Waals surface area contributed by atoms with E-state index in [1.54, 1.807) is 19.1 Å². The van der Waals surface area contributed by atoms with Gasteiger partial charge in [-0.2, -0.15) is 8.78 Å². The molecule has 2 heterocycles. The van der Waals surface area contributed by atoms with Crippen LogP contribution in [0.1, 0.15) is 50.1 Å². The highest BCUT2D eigenvalue weighted by Gasteiger charge is 2.66. The van der Waals surface area contributed by atoms with Gasteiger partial charge in [-0.1, -0.05) is 36.4 Å². The van der Waals surface area contributed by atoms with Crippen LogP contribution in [-0.2, 0) is 0 Å². The van der Waals surface area contributed by atoms with Crippen molar-refractivity contribution in [2.75, 3.05) is 36.0 Å². The number of anilines is 2. The van der Waals surface area contributed by atoms with Crippen LogP contribution in [-0.4, -0.2) is 43.7 Å². The number of benzene rings is 2. The highest BCUT2D eigenvalue weighted by molar-refractivity contribution is 8.12. The average molecular weight is 645 g/mol. The number of aryl methyl sites for hydroxylation is 1. The first-order valence-corrected chi connectivity index (χ1v) is 16.2. The Hall–Kier alpha value is -3.22. The standard InChI is InChI=1S/C35H37F5N2S2/c1-7-41(8-2)27-17-13-25(14-18-27)31(43-9-3)12-10-11-30(33(5,36)35(39,40)34(6,37)38)29-23-32(44-24(29)4)26-15-19-28(20-16-26)42-21-22-42/h3,11-20,23H,7-8,10,21-22H2,1-2,4-6H3/b30-11+,31-12-. The minimum absolute atomic E-state index is 0.00281. The first kappa shape index (κ1) is 33.7. The van der Waals surface area contributed by atoms with E-state index in [-0.39, 0.29) is 18.9 Å². The van der Waals surface area contributed by atoms with Crippen molar-refractivity contribution >= 4 is 45.0 Å². The van der Waals surface area contributed by atoms with Crippen LogP contribution in [0.5, 0.6) is 0 Å². The quantitative estimate of drug-likeness (QED) is 0.104. The van der Waals surface area contributed by atoms with Gasteiger partial charge in [0.05, 0.1) is 0 Å². The summed E-state index contributed by atoms with van der Waals surface area (Å²) in [5, 5.41) is 2.54. The maximum absolute atomic E-state index is 16.3. The molecule has 3 aromatic rings. The van der Waals surface area contributed by atoms with Crippen LogP contribution in [0.3, 0.4) is 0 Å². The molecule has 1 saturated heterocycles. The highest BCUT2D eigenvalue weighted by Crippen LogP contribution is 2.52. The van der Waals surface area contributed by atoms with E-state index in [4.69, 9.17) is 6.42 Å². The summed E-state index contributed by atoms with van der Waals surface area (Å²) in [4.78, 5) is 6.34. The van der Waals surface area contributed by atoms with Crippen LogP contribution >= 0.6 is 23.1 Å². The SMILES string of the molecule is C#CS/C(=C\C/C=C(\c1cc(-c2ccc(N3CC3)cc2)sc1C)C(C)(F)C(F)(F)C(C)(F)F)c1ccc(N(CC)CC)cc1. The maximum atomic E-state index is 16.3. The van der Waals surface area contributed by atoms with E-state index in [0.717, 1.165) is 65.3 Å². The molecule has 1 aliphatic rings. The van der Waals surface area contributed by atoms with Gasteiger partial charge in [-0.05, 0) is 104 Å². The van der Waals surface area contributed by atoms with Crippen molar-refractivity contribution < 1.29 is 22.0 Å². The van der Waals surface area contributed by atoms with Crippen LogP contribution in [0.2, 0.25) is 0 Å². The molecule has 0 spiro atoms. The molecule has 2 aromatic carbocycles. The molecule has 1 fully saturated rings.